The molecule has 35 heavy (non-hydrogen) atoms. The van der Waals surface area contributed by atoms with Crippen molar-refractivity contribution >= 4 is 17.8 Å². The van der Waals surface area contributed by atoms with Gasteiger partial charge in [-0.1, -0.05) is 30.3 Å². The van der Waals surface area contributed by atoms with Crippen LogP contribution in [0.5, 0.6) is 0 Å². The van der Waals surface area contributed by atoms with Gasteiger partial charge in [-0.15, -0.1) is 0 Å². The van der Waals surface area contributed by atoms with Crippen molar-refractivity contribution in [2.75, 3.05) is 7.05 Å². The molecule has 0 radical (unpaired) electrons. The fourth-order valence-corrected chi connectivity index (χ4v) is 4.93. The lowest BCUT2D eigenvalue weighted by atomic mass is 10.0. The second-order valence-electron chi connectivity index (χ2n) is 9.38. The normalized spacial score (nSPS) is 24.3. The van der Waals surface area contributed by atoms with Crippen molar-refractivity contribution in [3.05, 3.63) is 54.1 Å². The molecule has 3 heterocycles. The van der Waals surface area contributed by atoms with E-state index >= 15 is 0 Å². The monoisotopic (exact) mass is 483 g/mol. The number of nitrogens with two attached hydrogens (primary N) is 1. The summed E-state index contributed by atoms with van der Waals surface area (Å²) in [6, 6.07) is 7.58. The number of ether oxygens (including phenoxy) is 2. The summed E-state index contributed by atoms with van der Waals surface area (Å²) in [6.07, 6.45) is 5.44. The van der Waals surface area contributed by atoms with Crippen molar-refractivity contribution in [1.29, 1.82) is 0 Å². The molecule has 0 saturated carbocycles. The number of nitrogens with zero attached hydrogens (tertiary/aromatic N) is 2. The van der Waals surface area contributed by atoms with Gasteiger partial charge in [0.2, 0.25) is 12.0 Å². The van der Waals surface area contributed by atoms with Crippen LogP contribution in [0.3, 0.4) is 0 Å². The van der Waals surface area contributed by atoms with E-state index in [1.807, 2.05) is 6.07 Å². The Kier molecular flexibility index (Phi) is 7.82. The smallest absolute Gasteiger partial charge is 0.352 e. The second kappa shape index (κ2) is 11.0. The lowest BCUT2D eigenvalue weighted by molar-refractivity contribution is -0.176. The Morgan fingerprint density at radius 2 is 1.91 bits per heavy atom. The Morgan fingerprint density at radius 3 is 2.60 bits per heavy atom. The first kappa shape index (κ1) is 24.9. The molecule has 1 amide bonds. The second-order valence-corrected chi connectivity index (χ2v) is 9.38. The van der Waals surface area contributed by atoms with Gasteiger partial charge < -0.3 is 25.5 Å². The number of nitrogens with one attached hydrogen (secondary N) is 2. The Labute approximate surface area is 204 Å². The van der Waals surface area contributed by atoms with Gasteiger partial charge in [0.05, 0.1) is 12.4 Å². The SMILES string of the molecule is CC(N)C(=O)NC(Cc1cnc[nH]1)C(=O)OC(C(=O)O[C@H]1CCC2CCC1N2C)c1ccccc1. The number of likely N-dealkylation sites (N-methyl/N-ethyl adjacent to an activating group) is 1. The van der Waals surface area contributed by atoms with E-state index in [0.29, 0.717) is 17.3 Å². The number of carbonyl (C=O) groups is 3. The third-order valence-electron chi connectivity index (χ3n) is 6.92. The maximum atomic E-state index is 13.4. The van der Waals surface area contributed by atoms with E-state index in [4.69, 9.17) is 15.2 Å². The van der Waals surface area contributed by atoms with Gasteiger partial charge in [0, 0.05) is 36.0 Å². The fraction of sp³-hybridized carbons (Fsp3) is 0.520. The number of piperidine rings is 1. The highest BCUT2D eigenvalue weighted by Gasteiger charge is 2.43. The van der Waals surface area contributed by atoms with Gasteiger partial charge in [0.25, 0.3) is 0 Å². The zero-order valence-electron chi connectivity index (χ0n) is 20.1. The predicted molar refractivity (Wildman–Crippen MR) is 127 cm³/mol. The van der Waals surface area contributed by atoms with E-state index in [2.05, 4.69) is 27.2 Å². The largest absolute Gasteiger partial charge is 0.458 e. The minimum Gasteiger partial charge on any atom is -0.458 e. The van der Waals surface area contributed by atoms with Crippen molar-refractivity contribution in [3.63, 3.8) is 0 Å². The fourth-order valence-electron chi connectivity index (χ4n) is 4.93. The van der Waals surface area contributed by atoms with Gasteiger partial charge in [-0.2, -0.15) is 0 Å². The first-order valence-electron chi connectivity index (χ1n) is 12.0. The van der Waals surface area contributed by atoms with Crippen LogP contribution in [-0.4, -0.2) is 70.0 Å². The lowest BCUT2D eigenvalue weighted by Gasteiger charge is -2.37. The topological polar surface area (TPSA) is 140 Å². The third-order valence-corrected chi connectivity index (χ3v) is 6.92. The molecule has 1 aromatic carbocycles. The van der Waals surface area contributed by atoms with Crippen LogP contribution in [0, 0.1) is 0 Å². The molecule has 2 bridgehead atoms. The van der Waals surface area contributed by atoms with Gasteiger partial charge in [-0.3, -0.25) is 9.69 Å². The maximum Gasteiger partial charge on any atom is 0.352 e. The van der Waals surface area contributed by atoms with Crippen molar-refractivity contribution < 1.29 is 23.9 Å². The number of hydrogen-bond acceptors (Lipinski definition) is 8. The summed E-state index contributed by atoms with van der Waals surface area (Å²) < 4.78 is 11.7. The lowest BCUT2D eigenvalue weighted by Crippen LogP contribution is -2.50. The van der Waals surface area contributed by atoms with Crippen LogP contribution in [0.25, 0.3) is 0 Å². The number of rotatable bonds is 9. The van der Waals surface area contributed by atoms with Crippen LogP contribution in [-0.2, 0) is 30.3 Å². The summed E-state index contributed by atoms with van der Waals surface area (Å²) in [5, 5.41) is 2.61. The number of benzene rings is 1. The van der Waals surface area contributed by atoms with E-state index in [9.17, 15) is 14.4 Å². The molecule has 10 heteroatoms. The molecule has 1 aromatic heterocycles. The number of carbonyl (C=O) groups excluding carboxylic acids is 3. The average molecular weight is 484 g/mol. The van der Waals surface area contributed by atoms with Crippen molar-refractivity contribution in [2.45, 2.75) is 75.4 Å². The van der Waals surface area contributed by atoms with Crippen LogP contribution < -0.4 is 11.1 Å². The average Bonchev–Trinajstić information content (AvgIpc) is 3.43. The Bertz CT molecular complexity index is 1010. The van der Waals surface area contributed by atoms with E-state index < -0.39 is 36.0 Å². The van der Waals surface area contributed by atoms with E-state index in [-0.39, 0.29) is 18.6 Å². The quantitative estimate of drug-likeness (QED) is 0.453. The Balaban J connectivity index is 1.52. The van der Waals surface area contributed by atoms with E-state index in [1.165, 1.54) is 13.3 Å². The molecule has 2 aromatic rings. The molecule has 2 saturated heterocycles. The molecule has 6 atom stereocenters. The highest BCUT2D eigenvalue weighted by atomic mass is 16.6. The van der Waals surface area contributed by atoms with Crippen LogP contribution in [0.2, 0.25) is 0 Å². The minimum absolute atomic E-state index is 0.102. The molecule has 5 unspecified atom stereocenters. The van der Waals surface area contributed by atoms with Crippen LogP contribution in [0.1, 0.15) is 50.0 Å². The van der Waals surface area contributed by atoms with Crippen molar-refractivity contribution in [2.24, 2.45) is 5.73 Å². The Morgan fingerprint density at radius 1 is 1.17 bits per heavy atom. The summed E-state index contributed by atoms with van der Waals surface area (Å²) in [7, 11) is 2.07. The first-order valence-corrected chi connectivity index (χ1v) is 12.0. The van der Waals surface area contributed by atoms with Gasteiger partial charge in [0.1, 0.15) is 12.1 Å². The summed E-state index contributed by atoms with van der Waals surface area (Å²) >= 11 is 0. The summed E-state index contributed by atoms with van der Waals surface area (Å²) in [5.74, 6) is -1.89. The van der Waals surface area contributed by atoms with Crippen LogP contribution >= 0.6 is 0 Å². The molecule has 2 aliphatic heterocycles. The standard InChI is InChI=1S/C25H33N5O5/c1-15(26)23(31)29-19(12-17-13-27-14-28-17)24(32)35-22(16-6-4-3-5-7-16)25(33)34-21-11-9-18-8-10-20(21)30(18)2/h3-7,13-15,18-22H,8-12,26H2,1-2H3,(H,27,28)(H,29,31)/t15?,18?,19?,20?,21-,22?/m0/s1. The summed E-state index contributed by atoms with van der Waals surface area (Å²) in [5.41, 5.74) is 6.80. The number of H-pyrrole nitrogens is 1. The number of imidazole rings is 1. The van der Waals surface area contributed by atoms with Gasteiger partial charge >= 0.3 is 11.9 Å². The number of fused-ring (bicyclic) bond motifs is 2. The predicted octanol–water partition coefficient (Wildman–Crippen LogP) is 1.24. The molecule has 2 aliphatic rings. The highest BCUT2D eigenvalue weighted by Crippen LogP contribution is 2.36. The zero-order valence-corrected chi connectivity index (χ0v) is 20.1. The number of esters is 2. The number of aromatic amines is 1. The third kappa shape index (κ3) is 5.88. The zero-order chi connectivity index (χ0) is 24.9. The van der Waals surface area contributed by atoms with Gasteiger partial charge in [-0.05, 0) is 39.7 Å². The number of amides is 1. The molecule has 4 rings (SSSR count). The summed E-state index contributed by atoms with van der Waals surface area (Å²) in [4.78, 5) is 48.0. The van der Waals surface area contributed by atoms with Gasteiger partial charge in [0.15, 0.2) is 0 Å². The van der Waals surface area contributed by atoms with Crippen molar-refractivity contribution in [3.8, 4) is 0 Å². The number of aromatic nitrogens is 2. The molecule has 2 fully saturated rings. The van der Waals surface area contributed by atoms with E-state index in [0.717, 1.165) is 25.7 Å². The molecule has 188 valence electrons. The molecule has 4 N–H and O–H groups in total. The van der Waals surface area contributed by atoms with Crippen LogP contribution in [0.15, 0.2) is 42.9 Å². The maximum absolute atomic E-state index is 13.4. The van der Waals surface area contributed by atoms with Gasteiger partial charge in [-0.25, -0.2) is 14.6 Å². The summed E-state index contributed by atoms with van der Waals surface area (Å²) in [6.45, 7) is 1.52. The molecular weight excluding hydrogens is 450 g/mol. The molecule has 0 spiro atoms. The molecular formula is C25H33N5O5. The van der Waals surface area contributed by atoms with Crippen molar-refractivity contribution in [1.82, 2.24) is 20.2 Å². The van der Waals surface area contributed by atoms with Crippen LogP contribution in [0.4, 0.5) is 0 Å². The minimum atomic E-state index is -1.26. The van der Waals surface area contributed by atoms with E-state index in [1.54, 1.807) is 30.5 Å². The number of hydrogen-bond donors (Lipinski definition) is 3. The highest BCUT2D eigenvalue weighted by molar-refractivity contribution is 5.88. The first-order chi connectivity index (χ1) is 16.8. The molecule has 10 nitrogen and oxygen atoms in total. The molecule has 0 aliphatic carbocycles. The Hall–Kier alpha value is -3.24.